The summed E-state index contributed by atoms with van der Waals surface area (Å²) in [6.07, 6.45) is 4.68. The molecule has 2 bridgehead atoms. The number of anilines is 1. The second-order valence-electron chi connectivity index (χ2n) is 16.0. The number of hydrogen-bond donors (Lipinski definition) is 2. The van der Waals surface area contributed by atoms with E-state index in [4.69, 9.17) is 4.74 Å². The molecule has 2 N–H and O–H groups in total. The molecule has 2 unspecified atom stereocenters. The first kappa shape index (κ1) is 33.4. The first-order valence-corrected chi connectivity index (χ1v) is 18.2. The number of nitro benzene ring substituents is 1. The van der Waals surface area contributed by atoms with E-state index in [2.05, 4.69) is 53.3 Å². The zero-order valence-corrected chi connectivity index (χ0v) is 30.1. The van der Waals surface area contributed by atoms with Crippen LogP contribution in [0.1, 0.15) is 80.3 Å². The van der Waals surface area contributed by atoms with Crippen LogP contribution >= 0.6 is 0 Å². The van der Waals surface area contributed by atoms with Crippen LogP contribution in [-0.2, 0) is 11.3 Å². The zero-order chi connectivity index (χ0) is 35.8. The topological polar surface area (TPSA) is 117 Å². The quantitative estimate of drug-likeness (QED) is 0.148. The lowest BCUT2D eigenvalue weighted by atomic mass is 9.51. The van der Waals surface area contributed by atoms with Crippen LogP contribution in [0.25, 0.3) is 11.1 Å². The third-order valence-electron chi connectivity index (χ3n) is 12.8. The van der Waals surface area contributed by atoms with E-state index in [1.54, 1.807) is 13.2 Å². The number of carbonyl (C=O) groups is 2. The summed E-state index contributed by atoms with van der Waals surface area (Å²) in [4.78, 5) is 43.7. The van der Waals surface area contributed by atoms with Gasteiger partial charge in [-0.1, -0.05) is 61.4 Å². The first-order valence-electron chi connectivity index (χ1n) is 18.2. The van der Waals surface area contributed by atoms with Gasteiger partial charge in [0.15, 0.2) is 0 Å². The van der Waals surface area contributed by atoms with Gasteiger partial charge in [-0.2, -0.15) is 0 Å². The van der Waals surface area contributed by atoms with Crippen LogP contribution in [0, 0.1) is 21.4 Å². The lowest BCUT2D eigenvalue weighted by molar-refractivity contribution is -0.384. The van der Waals surface area contributed by atoms with E-state index in [0.717, 1.165) is 44.2 Å². The fourth-order valence-corrected chi connectivity index (χ4v) is 9.75. The van der Waals surface area contributed by atoms with Crippen LogP contribution < -0.4 is 20.3 Å². The van der Waals surface area contributed by atoms with Crippen LogP contribution in [0.5, 0.6) is 5.75 Å². The summed E-state index contributed by atoms with van der Waals surface area (Å²) in [5, 5.41) is 18.8. The minimum Gasteiger partial charge on any atom is -0.496 e. The highest BCUT2D eigenvalue weighted by Gasteiger charge is 2.59. The molecule has 2 heterocycles. The molecule has 3 fully saturated rings. The van der Waals surface area contributed by atoms with Crippen molar-refractivity contribution in [2.45, 2.75) is 83.0 Å². The molecule has 10 nitrogen and oxygen atoms in total. The molecule has 6 aliphatic rings. The molecule has 4 aliphatic carbocycles. The van der Waals surface area contributed by atoms with E-state index in [1.807, 2.05) is 37.4 Å². The third-order valence-corrected chi connectivity index (χ3v) is 12.8. The molecule has 51 heavy (non-hydrogen) atoms. The molecule has 2 saturated carbocycles. The molecular weight excluding hydrogens is 642 g/mol. The Kier molecular flexibility index (Phi) is 8.01. The highest BCUT2D eigenvalue weighted by Crippen LogP contribution is 2.59. The minimum absolute atomic E-state index is 0.0750. The monoisotopic (exact) mass is 689 g/mol. The Morgan fingerprint density at radius 1 is 1.10 bits per heavy atom. The SMILES string of the molecule is COc1c(CN2CCC[C@H]2C(=O)N[C@H]2C[C@H]3CC(=C2C)C3(C)C)cccc1-c1cc(C(=O)NC23CC2c2ccccc2N(C)C3)cc([N+](=O)[O-])c1. The van der Waals surface area contributed by atoms with Gasteiger partial charge < -0.3 is 20.3 Å². The summed E-state index contributed by atoms with van der Waals surface area (Å²) in [6, 6.07) is 18.4. The molecule has 0 spiro atoms. The van der Waals surface area contributed by atoms with Gasteiger partial charge in [0, 0.05) is 60.6 Å². The summed E-state index contributed by atoms with van der Waals surface area (Å²) < 4.78 is 5.99. The van der Waals surface area contributed by atoms with Gasteiger partial charge in [0.1, 0.15) is 5.75 Å². The number of likely N-dealkylation sites (N-methyl/N-ethyl adjacent to an activating group) is 1. The number of amides is 2. The smallest absolute Gasteiger partial charge is 0.270 e. The number of likely N-dealkylation sites (tertiary alicyclic amines) is 1. The maximum absolute atomic E-state index is 13.9. The number of carbonyl (C=O) groups excluding carboxylic acids is 2. The molecule has 1 saturated heterocycles. The van der Waals surface area contributed by atoms with E-state index < -0.39 is 10.5 Å². The van der Waals surface area contributed by atoms with Crippen LogP contribution in [0.15, 0.2) is 71.8 Å². The Balaban J connectivity index is 1.03. The summed E-state index contributed by atoms with van der Waals surface area (Å²) in [6.45, 7) is 8.77. The molecule has 0 radical (unpaired) electrons. The van der Waals surface area contributed by atoms with Crippen molar-refractivity contribution in [2.24, 2.45) is 11.3 Å². The second-order valence-corrected chi connectivity index (χ2v) is 16.0. The van der Waals surface area contributed by atoms with Crippen molar-refractivity contribution in [1.82, 2.24) is 15.5 Å². The van der Waals surface area contributed by atoms with Crippen molar-refractivity contribution in [3.63, 3.8) is 0 Å². The molecule has 0 aromatic heterocycles. The number of para-hydroxylation sites is 2. The largest absolute Gasteiger partial charge is 0.496 e. The number of fused-ring (bicyclic) bond motifs is 5. The van der Waals surface area contributed by atoms with Gasteiger partial charge in [0.25, 0.3) is 11.6 Å². The zero-order valence-electron chi connectivity index (χ0n) is 30.1. The highest BCUT2D eigenvalue weighted by atomic mass is 16.6. The van der Waals surface area contributed by atoms with Gasteiger partial charge in [0.05, 0.1) is 29.7 Å². The number of benzene rings is 3. The molecule has 2 aliphatic heterocycles. The molecule has 3 aromatic carbocycles. The number of rotatable bonds is 9. The summed E-state index contributed by atoms with van der Waals surface area (Å²) in [5.74, 6) is 1.15. The van der Waals surface area contributed by atoms with Crippen molar-refractivity contribution in [2.75, 3.05) is 32.1 Å². The number of nitrogens with one attached hydrogen (secondary N) is 2. The minimum atomic E-state index is -0.457. The van der Waals surface area contributed by atoms with Crippen molar-refractivity contribution in [3.8, 4) is 16.9 Å². The molecule has 266 valence electrons. The molecule has 3 aromatic rings. The molecule has 2 amide bonds. The van der Waals surface area contributed by atoms with Crippen molar-refractivity contribution in [1.29, 1.82) is 0 Å². The number of methoxy groups -OCH3 is 1. The lowest BCUT2D eigenvalue weighted by Gasteiger charge is -2.55. The lowest BCUT2D eigenvalue weighted by Crippen LogP contribution is -2.54. The fraction of sp³-hybridized carbons (Fsp3) is 0.463. The Morgan fingerprint density at radius 3 is 2.65 bits per heavy atom. The van der Waals surface area contributed by atoms with E-state index in [0.29, 0.717) is 35.9 Å². The van der Waals surface area contributed by atoms with Crippen LogP contribution in [0.2, 0.25) is 0 Å². The predicted octanol–water partition coefficient (Wildman–Crippen LogP) is 6.59. The number of ether oxygens (including phenoxy) is 1. The van der Waals surface area contributed by atoms with Crippen LogP contribution in [0.4, 0.5) is 11.4 Å². The Bertz CT molecular complexity index is 1990. The van der Waals surface area contributed by atoms with Crippen molar-refractivity contribution >= 4 is 23.2 Å². The van der Waals surface area contributed by atoms with E-state index >= 15 is 0 Å². The number of allylic oxidation sites excluding steroid dienone is 1. The molecular formula is C41H47N5O5. The fourth-order valence-electron chi connectivity index (χ4n) is 9.75. The predicted molar refractivity (Wildman–Crippen MR) is 197 cm³/mol. The van der Waals surface area contributed by atoms with Gasteiger partial charge in [-0.15, -0.1) is 0 Å². The average Bonchev–Trinajstić information content (AvgIpc) is 3.63. The highest BCUT2D eigenvalue weighted by molar-refractivity contribution is 5.98. The van der Waals surface area contributed by atoms with Crippen molar-refractivity contribution < 1.29 is 19.2 Å². The van der Waals surface area contributed by atoms with Gasteiger partial charge in [-0.05, 0) is 80.2 Å². The van der Waals surface area contributed by atoms with E-state index in [9.17, 15) is 19.7 Å². The Labute approximate surface area is 299 Å². The van der Waals surface area contributed by atoms with Gasteiger partial charge in [0.2, 0.25) is 5.91 Å². The Hall–Kier alpha value is -4.70. The van der Waals surface area contributed by atoms with Crippen LogP contribution in [0.3, 0.4) is 0 Å². The summed E-state index contributed by atoms with van der Waals surface area (Å²) in [7, 11) is 3.62. The summed E-state index contributed by atoms with van der Waals surface area (Å²) >= 11 is 0. The normalized spacial score (nSPS) is 27.2. The maximum atomic E-state index is 13.9. The second kappa shape index (κ2) is 12.2. The number of non-ortho nitro benzene ring substituents is 1. The number of nitro groups is 1. The Morgan fingerprint density at radius 2 is 1.90 bits per heavy atom. The van der Waals surface area contributed by atoms with Gasteiger partial charge >= 0.3 is 0 Å². The number of nitrogens with zero attached hydrogens (tertiary/aromatic N) is 3. The molecule has 9 rings (SSSR count). The maximum Gasteiger partial charge on any atom is 0.270 e. The molecule has 5 atom stereocenters. The summed E-state index contributed by atoms with van der Waals surface area (Å²) in [5.41, 5.74) is 7.20. The first-order chi connectivity index (χ1) is 24.4. The van der Waals surface area contributed by atoms with Gasteiger partial charge in [-0.25, -0.2) is 0 Å². The van der Waals surface area contributed by atoms with E-state index in [-0.39, 0.29) is 46.5 Å². The van der Waals surface area contributed by atoms with E-state index in [1.165, 1.54) is 34.5 Å². The van der Waals surface area contributed by atoms with Gasteiger partial charge in [-0.3, -0.25) is 24.6 Å². The standard InChI is InChI=1S/C41H47N5O5/c1-24-32-19-28(40(32,2)3)20-34(24)42-39(48)36-14-9-15-45(36)22-25-10-8-12-30(37(25)51-5)26-16-27(18-29(17-26)46(49)50)38(47)43-41-21-33(41)31-11-6-7-13-35(31)44(4)23-41/h6-8,10-13,16-18,28,33-34,36H,9,14-15,19-23H2,1-5H3,(H,42,48)(H,43,47)/t28-,33?,34+,36+,41?/m1/s1. The third kappa shape index (κ3) is 5.59. The van der Waals surface area contributed by atoms with Crippen LogP contribution in [-0.4, -0.2) is 66.5 Å². The van der Waals surface area contributed by atoms with Crippen molar-refractivity contribution in [3.05, 3.63) is 98.6 Å². The average molecular weight is 690 g/mol. The molecule has 10 heteroatoms. The number of hydrogen-bond acceptors (Lipinski definition) is 7.